The van der Waals surface area contributed by atoms with Gasteiger partial charge < -0.3 is 10.2 Å². The number of nitrogens with one attached hydrogen (secondary N) is 1. The van der Waals surface area contributed by atoms with Gasteiger partial charge in [0.2, 0.25) is 5.12 Å². The van der Waals surface area contributed by atoms with Crippen molar-refractivity contribution in [2.24, 2.45) is 0 Å². The molecular formula is C19H28N2OS. The third kappa shape index (κ3) is 3.16. The molecule has 3 rings (SSSR count). The zero-order chi connectivity index (χ0) is 16.4. The van der Waals surface area contributed by atoms with Gasteiger partial charge in [-0.3, -0.25) is 4.79 Å². The van der Waals surface area contributed by atoms with Crippen LogP contribution in [0, 0.1) is 0 Å². The summed E-state index contributed by atoms with van der Waals surface area (Å²) < 4.78 is 0. The Balaban J connectivity index is 1.95. The van der Waals surface area contributed by atoms with Crippen molar-refractivity contribution in [3.8, 4) is 0 Å². The van der Waals surface area contributed by atoms with E-state index in [1.165, 1.54) is 60.9 Å². The van der Waals surface area contributed by atoms with Crippen molar-refractivity contribution in [2.45, 2.75) is 51.5 Å². The van der Waals surface area contributed by atoms with E-state index < -0.39 is 0 Å². The number of thioether (sulfide) groups is 1. The van der Waals surface area contributed by atoms with Crippen LogP contribution < -0.4 is 5.32 Å². The van der Waals surface area contributed by atoms with Crippen molar-refractivity contribution in [1.29, 1.82) is 0 Å². The lowest BCUT2D eigenvalue weighted by molar-refractivity contribution is 0.108. The Morgan fingerprint density at radius 2 is 2.04 bits per heavy atom. The summed E-state index contributed by atoms with van der Waals surface area (Å²) in [7, 11) is 0. The Morgan fingerprint density at radius 3 is 2.70 bits per heavy atom. The molecule has 1 aromatic carbocycles. The van der Waals surface area contributed by atoms with Crippen LogP contribution in [0.3, 0.4) is 0 Å². The minimum atomic E-state index is 0.214. The fourth-order valence-electron chi connectivity index (χ4n) is 4.32. The first kappa shape index (κ1) is 16.8. The summed E-state index contributed by atoms with van der Waals surface area (Å²) in [6.07, 6.45) is 6.54. The van der Waals surface area contributed by atoms with Crippen LogP contribution in [-0.2, 0) is 6.42 Å². The maximum Gasteiger partial charge on any atom is 0.219 e. The highest BCUT2D eigenvalue weighted by Gasteiger charge is 2.36. The van der Waals surface area contributed by atoms with Crippen LogP contribution in [0.5, 0.6) is 0 Å². The molecule has 3 nitrogen and oxygen atoms in total. The number of carbonyl (C=O) groups excluding carboxylic acids is 1. The lowest BCUT2D eigenvalue weighted by atomic mass is 9.78. The molecule has 0 fully saturated rings. The van der Waals surface area contributed by atoms with Gasteiger partial charge in [0.25, 0.3) is 0 Å². The maximum atomic E-state index is 12.4. The van der Waals surface area contributed by atoms with Crippen LogP contribution >= 0.6 is 11.8 Å². The molecule has 2 aliphatic rings. The van der Waals surface area contributed by atoms with Crippen molar-refractivity contribution < 1.29 is 4.79 Å². The minimum absolute atomic E-state index is 0.214. The van der Waals surface area contributed by atoms with E-state index in [1.54, 1.807) is 0 Å². The van der Waals surface area contributed by atoms with Gasteiger partial charge in [0.05, 0.1) is 0 Å². The Kier molecular flexibility index (Phi) is 5.32. The van der Waals surface area contributed by atoms with Crippen LogP contribution in [0.4, 0.5) is 5.69 Å². The van der Waals surface area contributed by atoms with Gasteiger partial charge in [-0.1, -0.05) is 25.6 Å². The molecular weight excluding hydrogens is 304 g/mol. The smallest absolute Gasteiger partial charge is 0.219 e. The molecule has 0 saturated carbocycles. The second-order valence-electron chi connectivity index (χ2n) is 6.75. The van der Waals surface area contributed by atoms with Crippen LogP contribution in [0.15, 0.2) is 12.1 Å². The topological polar surface area (TPSA) is 32.3 Å². The number of benzene rings is 1. The molecule has 0 spiro atoms. The van der Waals surface area contributed by atoms with E-state index in [-0.39, 0.29) is 5.12 Å². The molecule has 1 aliphatic carbocycles. The fraction of sp³-hybridized carbons (Fsp3) is 0.632. The van der Waals surface area contributed by atoms with Crippen LogP contribution in [0.1, 0.15) is 60.5 Å². The molecule has 0 bridgehead atoms. The van der Waals surface area contributed by atoms with E-state index in [0.717, 1.165) is 18.5 Å². The molecule has 0 saturated heterocycles. The molecule has 1 heterocycles. The fourth-order valence-corrected chi connectivity index (χ4v) is 4.73. The molecule has 1 aromatic rings. The second-order valence-corrected chi connectivity index (χ2v) is 7.53. The average molecular weight is 333 g/mol. The molecule has 2 unspecified atom stereocenters. The summed E-state index contributed by atoms with van der Waals surface area (Å²) in [6, 6.07) is 4.73. The summed E-state index contributed by atoms with van der Waals surface area (Å²) in [5.41, 5.74) is 4.97. The number of rotatable bonds is 6. The quantitative estimate of drug-likeness (QED) is 0.849. The predicted octanol–water partition coefficient (Wildman–Crippen LogP) is 4.14. The van der Waals surface area contributed by atoms with Crippen LogP contribution in [0.2, 0.25) is 0 Å². The van der Waals surface area contributed by atoms with Crippen LogP contribution in [-0.4, -0.2) is 41.9 Å². The molecule has 1 N–H and O–H groups in total. The van der Waals surface area contributed by atoms with Crippen molar-refractivity contribution in [2.75, 3.05) is 31.2 Å². The van der Waals surface area contributed by atoms with Gasteiger partial charge in [-0.05, 0) is 68.3 Å². The first-order chi connectivity index (χ1) is 11.2. The Morgan fingerprint density at radius 1 is 1.30 bits per heavy atom. The standard InChI is InChI=1S/C19H28N2OS/c1-4-8-21(9-5-2)14-10-13-12-20-17-7-6-15(19(22)23-3)16(11-14)18(13)17/h6-7,13-14,20H,4-5,8-12H2,1-3H3. The SMILES string of the molecule is CCCN(CCC)C1Cc2c(C(=O)SC)ccc3c2C(CN3)C1. The monoisotopic (exact) mass is 332 g/mol. The molecule has 0 radical (unpaired) electrons. The highest BCUT2D eigenvalue weighted by atomic mass is 32.2. The van der Waals surface area contributed by atoms with Gasteiger partial charge in [0.1, 0.15) is 0 Å². The van der Waals surface area contributed by atoms with E-state index in [4.69, 9.17) is 0 Å². The van der Waals surface area contributed by atoms with Gasteiger partial charge in [0.15, 0.2) is 0 Å². The van der Waals surface area contributed by atoms with E-state index in [1.807, 2.05) is 12.3 Å². The molecule has 0 aromatic heterocycles. The lowest BCUT2D eigenvalue weighted by Crippen LogP contribution is -2.41. The number of hydrogen-bond donors (Lipinski definition) is 1. The average Bonchev–Trinajstić information content (AvgIpc) is 2.98. The third-order valence-electron chi connectivity index (χ3n) is 5.24. The molecule has 4 heteroatoms. The largest absolute Gasteiger partial charge is 0.384 e. The third-order valence-corrected chi connectivity index (χ3v) is 5.83. The summed E-state index contributed by atoms with van der Waals surface area (Å²) in [6.45, 7) is 7.88. The predicted molar refractivity (Wildman–Crippen MR) is 99.8 cm³/mol. The number of anilines is 1. The first-order valence-corrected chi connectivity index (χ1v) is 10.1. The normalized spacial score (nSPS) is 22.1. The number of nitrogens with zero attached hydrogens (tertiary/aromatic N) is 1. The highest BCUT2D eigenvalue weighted by Crippen LogP contribution is 2.44. The zero-order valence-corrected chi connectivity index (χ0v) is 15.3. The summed E-state index contributed by atoms with van der Waals surface area (Å²) in [4.78, 5) is 15.0. The molecule has 1 aliphatic heterocycles. The highest BCUT2D eigenvalue weighted by molar-refractivity contribution is 8.13. The van der Waals surface area contributed by atoms with Gasteiger partial charge in [-0.25, -0.2) is 0 Å². The van der Waals surface area contributed by atoms with Gasteiger partial charge >= 0.3 is 0 Å². The van der Waals surface area contributed by atoms with Gasteiger partial charge in [-0.2, -0.15) is 0 Å². The summed E-state index contributed by atoms with van der Waals surface area (Å²) >= 11 is 1.34. The Bertz CT molecular complexity index is 581. The van der Waals surface area contributed by atoms with Crippen LogP contribution in [0.25, 0.3) is 0 Å². The maximum absolute atomic E-state index is 12.4. The summed E-state index contributed by atoms with van der Waals surface area (Å²) in [5, 5.41) is 3.77. The molecule has 126 valence electrons. The zero-order valence-electron chi connectivity index (χ0n) is 14.5. The Hall–Kier alpha value is -1.00. The van der Waals surface area contributed by atoms with Crippen molar-refractivity contribution in [1.82, 2.24) is 4.90 Å². The second kappa shape index (κ2) is 7.27. The molecule has 23 heavy (non-hydrogen) atoms. The Labute approximate surface area is 144 Å². The van der Waals surface area contributed by atoms with Crippen molar-refractivity contribution >= 4 is 22.6 Å². The first-order valence-electron chi connectivity index (χ1n) is 8.91. The van der Waals surface area contributed by atoms with Crippen molar-refractivity contribution in [3.05, 3.63) is 28.8 Å². The van der Waals surface area contributed by atoms with E-state index >= 15 is 0 Å². The van der Waals surface area contributed by atoms with Gasteiger partial charge in [-0.15, -0.1) is 0 Å². The number of carbonyl (C=O) groups is 1. The molecule has 2 atom stereocenters. The molecule has 0 amide bonds. The minimum Gasteiger partial charge on any atom is -0.384 e. The van der Waals surface area contributed by atoms with Gasteiger partial charge in [0, 0.05) is 29.8 Å². The van der Waals surface area contributed by atoms with E-state index in [2.05, 4.69) is 30.1 Å². The lowest BCUT2D eigenvalue weighted by Gasteiger charge is -2.37. The number of hydrogen-bond acceptors (Lipinski definition) is 4. The van der Waals surface area contributed by atoms with E-state index in [0.29, 0.717) is 12.0 Å². The van der Waals surface area contributed by atoms with Crippen molar-refractivity contribution in [3.63, 3.8) is 0 Å². The van der Waals surface area contributed by atoms with E-state index in [9.17, 15) is 4.79 Å². The summed E-state index contributed by atoms with van der Waals surface area (Å²) in [5.74, 6) is 0.574.